The second-order valence-electron chi connectivity index (χ2n) is 4.43. The number of benzene rings is 2. The van der Waals surface area contributed by atoms with Gasteiger partial charge in [-0.05, 0) is 36.2 Å². The van der Waals surface area contributed by atoms with E-state index in [-0.39, 0.29) is 0 Å². The smallest absolute Gasteiger partial charge is 0.119 e. The molecule has 3 heteroatoms. The van der Waals surface area contributed by atoms with Crippen LogP contribution in [0.3, 0.4) is 0 Å². The van der Waals surface area contributed by atoms with Crippen LogP contribution in [0.4, 0.5) is 0 Å². The van der Waals surface area contributed by atoms with Crippen LogP contribution in [0.1, 0.15) is 11.1 Å². The Morgan fingerprint density at radius 2 is 1.89 bits per heavy atom. The maximum atomic E-state index is 6.17. The van der Waals surface area contributed by atoms with Gasteiger partial charge in [-0.25, -0.2) is 0 Å². The van der Waals surface area contributed by atoms with E-state index in [1.807, 2.05) is 43.3 Å². The molecule has 2 aromatic carbocycles. The number of ether oxygens (including phenoxy) is 1. The van der Waals surface area contributed by atoms with Gasteiger partial charge >= 0.3 is 0 Å². The maximum Gasteiger partial charge on any atom is 0.119 e. The number of hydrogen-bond acceptors (Lipinski definition) is 2. The molecule has 0 aliphatic rings. The van der Waals surface area contributed by atoms with E-state index in [1.54, 1.807) is 0 Å². The number of para-hydroxylation sites is 1. The van der Waals surface area contributed by atoms with E-state index >= 15 is 0 Å². The molecule has 0 radical (unpaired) electrons. The average molecular weight is 276 g/mol. The number of nitrogens with one attached hydrogen (secondary N) is 1. The van der Waals surface area contributed by atoms with Crippen LogP contribution >= 0.6 is 11.6 Å². The highest BCUT2D eigenvalue weighted by atomic mass is 35.5. The molecule has 2 nitrogen and oxygen atoms in total. The summed E-state index contributed by atoms with van der Waals surface area (Å²) < 4.78 is 5.60. The first-order valence-electron chi connectivity index (χ1n) is 6.39. The predicted molar refractivity (Wildman–Crippen MR) is 79.8 cm³/mol. The highest BCUT2D eigenvalue weighted by molar-refractivity contribution is 6.31. The van der Waals surface area contributed by atoms with Crippen LogP contribution < -0.4 is 10.1 Å². The van der Waals surface area contributed by atoms with Crippen LogP contribution in [0.15, 0.2) is 48.5 Å². The monoisotopic (exact) mass is 275 g/mol. The standard InChI is InChI=1S/C16H18ClNO/c1-13-7-8-14(16(17)11-13)12-18-9-10-19-15-5-3-2-4-6-15/h2-8,11,18H,9-10,12H2,1H3. The lowest BCUT2D eigenvalue weighted by atomic mass is 10.1. The van der Waals surface area contributed by atoms with Crippen molar-refractivity contribution in [2.75, 3.05) is 13.2 Å². The Morgan fingerprint density at radius 3 is 2.63 bits per heavy atom. The highest BCUT2D eigenvalue weighted by Crippen LogP contribution is 2.17. The van der Waals surface area contributed by atoms with Crippen LogP contribution in [0.2, 0.25) is 5.02 Å². The van der Waals surface area contributed by atoms with Crippen LogP contribution in [-0.2, 0) is 6.54 Å². The number of rotatable bonds is 6. The lowest BCUT2D eigenvalue weighted by molar-refractivity contribution is 0.313. The largest absolute Gasteiger partial charge is 0.492 e. The minimum atomic E-state index is 0.646. The van der Waals surface area contributed by atoms with Crippen molar-refractivity contribution in [1.82, 2.24) is 5.32 Å². The van der Waals surface area contributed by atoms with E-state index in [4.69, 9.17) is 16.3 Å². The first-order chi connectivity index (χ1) is 9.25. The molecule has 0 amide bonds. The summed E-state index contributed by atoms with van der Waals surface area (Å²) in [5, 5.41) is 4.14. The molecule has 0 bridgehead atoms. The molecule has 0 aromatic heterocycles. The first kappa shape index (κ1) is 13.9. The van der Waals surface area contributed by atoms with E-state index in [0.29, 0.717) is 6.61 Å². The van der Waals surface area contributed by atoms with Crippen LogP contribution in [0.25, 0.3) is 0 Å². The van der Waals surface area contributed by atoms with E-state index in [9.17, 15) is 0 Å². The molecular weight excluding hydrogens is 258 g/mol. The summed E-state index contributed by atoms with van der Waals surface area (Å²) in [6.45, 7) is 4.24. The molecule has 19 heavy (non-hydrogen) atoms. The zero-order chi connectivity index (χ0) is 13.5. The summed E-state index contributed by atoms with van der Waals surface area (Å²) in [6.07, 6.45) is 0. The minimum absolute atomic E-state index is 0.646. The van der Waals surface area contributed by atoms with E-state index in [1.165, 1.54) is 5.56 Å². The third kappa shape index (κ3) is 4.58. The van der Waals surface area contributed by atoms with Gasteiger partial charge in [-0.3, -0.25) is 0 Å². The Morgan fingerprint density at radius 1 is 1.11 bits per heavy atom. The normalized spacial score (nSPS) is 10.4. The Labute approximate surface area is 119 Å². The van der Waals surface area contributed by atoms with Crippen molar-refractivity contribution in [1.29, 1.82) is 0 Å². The van der Waals surface area contributed by atoms with Crippen molar-refractivity contribution in [2.45, 2.75) is 13.5 Å². The molecule has 0 aliphatic carbocycles. The molecule has 2 rings (SSSR count). The van der Waals surface area contributed by atoms with Gasteiger partial charge < -0.3 is 10.1 Å². The third-order valence-electron chi connectivity index (χ3n) is 2.81. The molecule has 0 fully saturated rings. The van der Waals surface area contributed by atoms with Gasteiger partial charge in [0.05, 0.1) is 0 Å². The molecule has 0 aliphatic heterocycles. The predicted octanol–water partition coefficient (Wildman–Crippen LogP) is 3.82. The zero-order valence-corrected chi connectivity index (χ0v) is 11.8. The maximum absolute atomic E-state index is 6.17. The average Bonchev–Trinajstić information content (AvgIpc) is 2.42. The fourth-order valence-electron chi connectivity index (χ4n) is 1.78. The number of hydrogen-bond donors (Lipinski definition) is 1. The second-order valence-corrected chi connectivity index (χ2v) is 4.84. The first-order valence-corrected chi connectivity index (χ1v) is 6.77. The van der Waals surface area contributed by atoms with Crippen molar-refractivity contribution < 1.29 is 4.74 Å². The zero-order valence-electron chi connectivity index (χ0n) is 11.0. The molecule has 0 unspecified atom stereocenters. The summed E-state index contributed by atoms with van der Waals surface area (Å²) in [6, 6.07) is 15.9. The molecule has 0 atom stereocenters. The molecule has 0 saturated carbocycles. The quantitative estimate of drug-likeness (QED) is 0.810. The lowest BCUT2D eigenvalue weighted by Crippen LogP contribution is -2.20. The van der Waals surface area contributed by atoms with Gasteiger partial charge in [0.2, 0.25) is 0 Å². The summed E-state index contributed by atoms with van der Waals surface area (Å²) >= 11 is 6.17. The fourth-order valence-corrected chi connectivity index (χ4v) is 2.08. The van der Waals surface area contributed by atoms with Gasteiger partial charge in [0, 0.05) is 18.1 Å². The molecule has 0 saturated heterocycles. The fraction of sp³-hybridized carbons (Fsp3) is 0.250. The van der Waals surface area contributed by atoms with Gasteiger partial charge in [-0.2, -0.15) is 0 Å². The summed E-state index contributed by atoms with van der Waals surface area (Å²) in [4.78, 5) is 0. The Balaban J connectivity index is 1.69. The van der Waals surface area contributed by atoms with E-state index in [0.717, 1.165) is 29.4 Å². The Bertz CT molecular complexity index is 513. The van der Waals surface area contributed by atoms with Gasteiger partial charge in [0.25, 0.3) is 0 Å². The molecule has 0 spiro atoms. The number of aryl methyl sites for hydroxylation is 1. The second kappa shape index (κ2) is 7.17. The number of halogens is 1. The van der Waals surface area contributed by atoms with Crippen LogP contribution in [-0.4, -0.2) is 13.2 Å². The lowest BCUT2D eigenvalue weighted by Gasteiger charge is -2.09. The Kier molecular flexibility index (Phi) is 5.25. The Hall–Kier alpha value is -1.51. The third-order valence-corrected chi connectivity index (χ3v) is 3.17. The topological polar surface area (TPSA) is 21.3 Å². The summed E-state index contributed by atoms with van der Waals surface area (Å²) in [7, 11) is 0. The van der Waals surface area contributed by atoms with Gasteiger partial charge in [0.15, 0.2) is 0 Å². The van der Waals surface area contributed by atoms with Gasteiger partial charge in [0.1, 0.15) is 12.4 Å². The highest BCUT2D eigenvalue weighted by Gasteiger charge is 1.99. The van der Waals surface area contributed by atoms with Crippen LogP contribution in [0.5, 0.6) is 5.75 Å². The van der Waals surface area contributed by atoms with E-state index in [2.05, 4.69) is 17.4 Å². The van der Waals surface area contributed by atoms with Gasteiger partial charge in [-0.1, -0.05) is 41.9 Å². The van der Waals surface area contributed by atoms with Crippen LogP contribution in [0, 0.1) is 6.92 Å². The molecule has 1 N–H and O–H groups in total. The summed E-state index contributed by atoms with van der Waals surface area (Å²) in [5.41, 5.74) is 2.30. The van der Waals surface area contributed by atoms with Gasteiger partial charge in [-0.15, -0.1) is 0 Å². The molecular formula is C16H18ClNO. The molecule has 2 aromatic rings. The van der Waals surface area contributed by atoms with Crippen molar-refractivity contribution >= 4 is 11.6 Å². The van der Waals surface area contributed by atoms with Crippen molar-refractivity contribution in [3.8, 4) is 5.75 Å². The van der Waals surface area contributed by atoms with Crippen molar-refractivity contribution in [2.24, 2.45) is 0 Å². The van der Waals surface area contributed by atoms with E-state index < -0.39 is 0 Å². The molecule has 0 heterocycles. The summed E-state index contributed by atoms with van der Waals surface area (Å²) in [5.74, 6) is 0.901. The van der Waals surface area contributed by atoms with Crippen molar-refractivity contribution in [3.05, 3.63) is 64.7 Å². The van der Waals surface area contributed by atoms with Crippen molar-refractivity contribution in [3.63, 3.8) is 0 Å². The SMILES string of the molecule is Cc1ccc(CNCCOc2ccccc2)c(Cl)c1. The minimum Gasteiger partial charge on any atom is -0.492 e. The molecule has 100 valence electrons.